The van der Waals surface area contributed by atoms with Crippen LogP contribution in [-0.4, -0.2) is 18.5 Å². The van der Waals surface area contributed by atoms with Crippen molar-refractivity contribution in [3.8, 4) is 0 Å². The maximum absolute atomic E-state index is 5.80. The first kappa shape index (κ1) is 14.5. The second kappa shape index (κ2) is 7.62. The zero-order valence-corrected chi connectivity index (χ0v) is 13.0. The van der Waals surface area contributed by atoms with Crippen molar-refractivity contribution >= 4 is 32.4 Å². The first-order valence-corrected chi connectivity index (χ1v) is 8.26. The van der Waals surface area contributed by atoms with Gasteiger partial charge in [-0.25, -0.2) is 4.98 Å². The molecule has 0 amide bonds. The van der Waals surface area contributed by atoms with Gasteiger partial charge in [-0.05, 0) is 12.0 Å². The number of alkyl halides is 1. The van der Waals surface area contributed by atoms with E-state index in [9.17, 15) is 0 Å². The minimum Gasteiger partial charge on any atom is -0.381 e. The highest BCUT2D eigenvalue weighted by Crippen LogP contribution is 2.27. The van der Waals surface area contributed by atoms with E-state index in [0.29, 0.717) is 5.92 Å². The molecule has 0 fully saturated rings. The van der Waals surface area contributed by atoms with Crippen LogP contribution in [-0.2, 0) is 4.74 Å². The van der Waals surface area contributed by atoms with Crippen LogP contribution in [0.25, 0.3) is 0 Å². The van der Waals surface area contributed by atoms with Gasteiger partial charge in [0.15, 0.2) is 0 Å². The number of hydrogen-bond donors (Lipinski definition) is 1. The molecule has 0 saturated heterocycles. The summed E-state index contributed by atoms with van der Waals surface area (Å²) in [5.41, 5.74) is 8.25. The van der Waals surface area contributed by atoms with E-state index in [-0.39, 0.29) is 0 Å². The summed E-state index contributed by atoms with van der Waals surface area (Å²) < 4.78 is 5.57. The average Bonchev–Trinajstić information content (AvgIpc) is 2.86. The molecule has 3 N–H and O–H groups in total. The standard InChI is InChI=1S/C14H17BrN2OS/c15-7-9-18-8-6-12(11-4-2-1-3-5-11)13-10-19-14(16)17-13/h1-5,10,12H,6-9H2,(H2,16,17)/p+1. The molecular formula is C14H18BrN2OS+. The van der Waals surface area contributed by atoms with Crippen molar-refractivity contribution in [2.75, 3.05) is 24.3 Å². The molecule has 2 aromatic rings. The number of anilines is 1. The molecule has 102 valence electrons. The number of nitrogen functional groups attached to an aromatic ring is 1. The van der Waals surface area contributed by atoms with Crippen LogP contribution >= 0.6 is 27.3 Å². The molecule has 0 radical (unpaired) electrons. The van der Waals surface area contributed by atoms with Gasteiger partial charge in [0, 0.05) is 23.2 Å². The van der Waals surface area contributed by atoms with Gasteiger partial charge in [-0.2, -0.15) is 0 Å². The molecule has 3 nitrogen and oxygen atoms in total. The Labute approximate surface area is 125 Å². The summed E-state index contributed by atoms with van der Waals surface area (Å²) in [6.07, 6.45) is 0.948. The number of aromatic amines is 1. The SMILES string of the molecule is Nc1[nH+]c(C(CCOCCBr)c2ccccc2)cs1. The van der Waals surface area contributed by atoms with E-state index >= 15 is 0 Å². The quantitative estimate of drug-likeness (QED) is 0.621. The molecule has 0 bridgehead atoms. The van der Waals surface area contributed by atoms with Crippen molar-refractivity contribution in [2.24, 2.45) is 0 Å². The smallest absolute Gasteiger partial charge is 0.329 e. The number of hydrogen-bond acceptors (Lipinski definition) is 3. The van der Waals surface area contributed by atoms with Gasteiger partial charge in [-0.15, -0.1) is 0 Å². The van der Waals surface area contributed by atoms with Crippen LogP contribution in [0.15, 0.2) is 35.7 Å². The molecule has 19 heavy (non-hydrogen) atoms. The topological polar surface area (TPSA) is 49.4 Å². The summed E-state index contributed by atoms with van der Waals surface area (Å²) >= 11 is 4.91. The molecular weight excluding hydrogens is 324 g/mol. The molecule has 0 aliphatic rings. The van der Waals surface area contributed by atoms with E-state index < -0.39 is 0 Å². The molecule has 0 spiro atoms. The lowest BCUT2D eigenvalue weighted by atomic mass is 9.93. The zero-order valence-electron chi connectivity index (χ0n) is 10.6. The Morgan fingerprint density at radius 1 is 1.26 bits per heavy atom. The maximum atomic E-state index is 5.80. The van der Waals surface area contributed by atoms with E-state index in [1.54, 1.807) is 11.3 Å². The van der Waals surface area contributed by atoms with Crippen LogP contribution in [0.2, 0.25) is 0 Å². The molecule has 1 unspecified atom stereocenters. The number of rotatable bonds is 7. The molecule has 2 rings (SSSR count). The van der Waals surface area contributed by atoms with Crippen LogP contribution < -0.4 is 10.7 Å². The number of ether oxygens (including phenoxy) is 1. The number of H-pyrrole nitrogens is 1. The fraction of sp³-hybridized carbons (Fsp3) is 0.357. The van der Waals surface area contributed by atoms with E-state index in [2.05, 4.69) is 50.6 Å². The summed E-state index contributed by atoms with van der Waals surface area (Å²) in [5.74, 6) is 0.310. The fourth-order valence-electron chi connectivity index (χ4n) is 2.04. The Morgan fingerprint density at radius 3 is 2.68 bits per heavy atom. The van der Waals surface area contributed by atoms with Crippen molar-refractivity contribution in [1.29, 1.82) is 0 Å². The summed E-state index contributed by atoms with van der Waals surface area (Å²) in [6, 6.07) is 10.5. The van der Waals surface area contributed by atoms with Crippen molar-refractivity contribution in [3.05, 3.63) is 47.0 Å². The monoisotopic (exact) mass is 341 g/mol. The van der Waals surface area contributed by atoms with Crippen LogP contribution in [0.3, 0.4) is 0 Å². The summed E-state index contributed by atoms with van der Waals surface area (Å²) in [6.45, 7) is 1.49. The third kappa shape index (κ3) is 4.30. The van der Waals surface area contributed by atoms with Crippen LogP contribution in [0.4, 0.5) is 5.13 Å². The number of nitrogens with one attached hydrogen (secondary N) is 1. The van der Waals surface area contributed by atoms with Crippen molar-refractivity contribution < 1.29 is 9.72 Å². The highest BCUT2D eigenvalue weighted by molar-refractivity contribution is 9.09. The number of benzene rings is 1. The molecule has 0 saturated carbocycles. The van der Waals surface area contributed by atoms with Gasteiger partial charge in [0.25, 0.3) is 0 Å². The molecule has 0 aliphatic carbocycles. The van der Waals surface area contributed by atoms with Gasteiger partial charge in [-0.3, -0.25) is 5.73 Å². The third-order valence-corrected chi connectivity index (χ3v) is 3.98. The predicted molar refractivity (Wildman–Crippen MR) is 82.8 cm³/mol. The Hall–Kier alpha value is -0.910. The Morgan fingerprint density at radius 2 is 2.05 bits per heavy atom. The van der Waals surface area contributed by atoms with E-state index in [4.69, 9.17) is 10.5 Å². The van der Waals surface area contributed by atoms with Crippen LogP contribution in [0.5, 0.6) is 0 Å². The minimum atomic E-state index is 0.310. The Balaban J connectivity index is 2.10. The lowest BCUT2D eigenvalue weighted by Crippen LogP contribution is -2.17. The minimum absolute atomic E-state index is 0.310. The van der Waals surface area contributed by atoms with E-state index in [1.807, 2.05) is 6.07 Å². The van der Waals surface area contributed by atoms with Gasteiger partial charge >= 0.3 is 5.13 Å². The predicted octanol–water partition coefficient (Wildman–Crippen LogP) is 3.08. The maximum Gasteiger partial charge on any atom is 0.329 e. The first-order chi connectivity index (χ1) is 9.31. The third-order valence-electron chi connectivity index (χ3n) is 2.93. The molecule has 0 aliphatic heterocycles. The highest BCUT2D eigenvalue weighted by atomic mass is 79.9. The Kier molecular flexibility index (Phi) is 5.82. The van der Waals surface area contributed by atoms with Gasteiger partial charge in [0.05, 0.1) is 6.61 Å². The lowest BCUT2D eigenvalue weighted by molar-refractivity contribution is -0.368. The van der Waals surface area contributed by atoms with Crippen molar-refractivity contribution in [3.63, 3.8) is 0 Å². The summed E-state index contributed by atoms with van der Waals surface area (Å²) in [4.78, 5) is 3.25. The first-order valence-electron chi connectivity index (χ1n) is 6.26. The average molecular weight is 342 g/mol. The number of thiazole rings is 1. The van der Waals surface area contributed by atoms with Gasteiger partial charge in [-0.1, -0.05) is 57.6 Å². The molecule has 1 aromatic heterocycles. The highest BCUT2D eigenvalue weighted by Gasteiger charge is 2.19. The lowest BCUT2D eigenvalue weighted by Gasteiger charge is -2.14. The number of halogens is 1. The van der Waals surface area contributed by atoms with Crippen molar-refractivity contribution in [2.45, 2.75) is 12.3 Å². The van der Waals surface area contributed by atoms with Gasteiger partial charge < -0.3 is 4.74 Å². The molecule has 5 heteroatoms. The summed E-state index contributed by atoms with van der Waals surface area (Å²) in [5, 5.41) is 3.72. The molecule has 1 heterocycles. The fourth-order valence-corrected chi connectivity index (χ4v) is 2.93. The largest absolute Gasteiger partial charge is 0.381 e. The molecule has 1 aromatic carbocycles. The van der Waals surface area contributed by atoms with Gasteiger partial charge in [0.1, 0.15) is 5.69 Å². The van der Waals surface area contributed by atoms with E-state index in [1.165, 1.54) is 5.56 Å². The second-order valence-corrected chi connectivity index (χ2v) is 5.94. The molecule has 1 atom stereocenters. The number of aromatic nitrogens is 1. The van der Waals surface area contributed by atoms with Crippen LogP contribution in [0, 0.1) is 0 Å². The van der Waals surface area contributed by atoms with Gasteiger partial charge in [0.2, 0.25) is 0 Å². The normalized spacial score (nSPS) is 12.5. The summed E-state index contributed by atoms with van der Waals surface area (Å²) in [7, 11) is 0. The second-order valence-electron chi connectivity index (χ2n) is 4.23. The zero-order chi connectivity index (χ0) is 13.5. The number of nitrogens with two attached hydrogens (primary N) is 1. The van der Waals surface area contributed by atoms with Crippen molar-refractivity contribution in [1.82, 2.24) is 0 Å². The van der Waals surface area contributed by atoms with Crippen LogP contribution in [0.1, 0.15) is 23.6 Å². The van der Waals surface area contributed by atoms with E-state index in [0.717, 1.165) is 35.8 Å². The Bertz CT molecular complexity index is 489.